The molecule has 0 bridgehead atoms. The molecule has 1 radical (unpaired) electrons. The minimum absolute atomic E-state index is 0.0638. The molecule has 0 aliphatic heterocycles. The normalized spacial score (nSPS) is 9.61. The minimum Gasteiger partial charge on any atom is -0.484 e. The van der Waals surface area contributed by atoms with Crippen LogP contribution >= 0.6 is 0 Å². The highest BCUT2D eigenvalue weighted by Crippen LogP contribution is 2.10. The Morgan fingerprint density at radius 1 is 1.06 bits per heavy atom. The van der Waals surface area contributed by atoms with E-state index in [1.165, 1.54) is 0 Å². The third-order valence-corrected chi connectivity index (χ3v) is 3.17. The van der Waals surface area contributed by atoms with E-state index in [0.717, 1.165) is 26.1 Å². The highest BCUT2D eigenvalue weighted by atomic mass is 27.2. The van der Waals surface area contributed by atoms with Crippen molar-refractivity contribution < 1.29 is 22.3 Å². The van der Waals surface area contributed by atoms with E-state index >= 15 is 0 Å². The van der Waals surface area contributed by atoms with Crippen LogP contribution in [0, 0.1) is 5.92 Å². The second-order valence-corrected chi connectivity index (χ2v) is 4.42. The zero-order valence-corrected chi connectivity index (χ0v) is 12.9. The summed E-state index contributed by atoms with van der Waals surface area (Å²) in [5.41, 5.74) is 0. The summed E-state index contributed by atoms with van der Waals surface area (Å²) in [5.74, 6) is -1.24. The van der Waals surface area contributed by atoms with Crippen LogP contribution in [0.25, 0.3) is 0 Å². The Labute approximate surface area is 116 Å². The van der Waals surface area contributed by atoms with Crippen molar-refractivity contribution in [3.8, 4) is 0 Å². The number of rotatable bonds is 9. The predicted octanol–water partition coefficient (Wildman–Crippen LogP) is 2.06. The van der Waals surface area contributed by atoms with Gasteiger partial charge in [0.05, 0.1) is 0 Å². The van der Waals surface area contributed by atoms with Crippen LogP contribution in [-0.4, -0.2) is 46.0 Å². The smallest absolute Gasteiger partial charge is 0.484 e. The first-order valence-electron chi connectivity index (χ1n) is 6.32. The predicted molar refractivity (Wildman–Crippen MR) is 70.3 cm³/mol. The average Bonchev–Trinajstić information content (AvgIpc) is 2.31. The molecule has 0 aliphatic rings. The van der Waals surface area contributed by atoms with Crippen LogP contribution in [0.2, 0.25) is 0 Å². The molecule has 0 spiro atoms. The van der Waals surface area contributed by atoms with Gasteiger partial charge in [0.15, 0.2) is 0 Å². The molecule has 5 nitrogen and oxygen atoms in total. The molecule has 0 unspecified atom stereocenters. The summed E-state index contributed by atoms with van der Waals surface area (Å²) < 4.78 is 9.87. The lowest BCUT2D eigenvalue weighted by Crippen LogP contribution is -2.16. The van der Waals surface area contributed by atoms with E-state index in [0.29, 0.717) is 0 Å². The van der Waals surface area contributed by atoms with Crippen LogP contribution in [0.15, 0.2) is 0 Å². The number of carbonyl (C=O) groups is 2. The molecule has 0 atom stereocenters. The molecule has 0 heterocycles. The van der Waals surface area contributed by atoms with Gasteiger partial charge in [0, 0.05) is 19.1 Å². The molecule has 6 heteroatoms. The van der Waals surface area contributed by atoms with Crippen LogP contribution in [0.4, 0.5) is 0 Å². The monoisotopic (exact) mass is 275 g/mol. The van der Waals surface area contributed by atoms with E-state index in [1.807, 2.05) is 27.7 Å². The summed E-state index contributed by atoms with van der Waals surface area (Å²) in [7, 11) is 0. The summed E-state index contributed by atoms with van der Waals surface area (Å²) in [6, 6.07) is 0. The molecule has 0 saturated carbocycles. The number of carboxylic acids is 1. The number of hydrogen-bond acceptors (Lipinski definition) is 4. The summed E-state index contributed by atoms with van der Waals surface area (Å²) in [5, 5.41) is 8.30. The van der Waals surface area contributed by atoms with E-state index in [2.05, 4.69) is 0 Å². The molecule has 18 heavy (non-hydrogen) atoms. The molecule has 0 saturated heterocycles. The molecule has 105 valence electrons. The summed E-state index contributed by atoms with van der Waals surface area (Å²) in [6.45, 7) is 9.27. The van der Waals surface area contributed by atoms with Gasteiger partial charge in [-0.05, 0) is 26.7 Å². The van der Waals surface area contributed by atoms with E-state index in [1.54, 1.807) is 0 Å². The third-order valence-electron chi connectivity index (χ3n) is 2.24. The highest BCUT2D eigenvalue weighted by Gasteiger charge is 2.16. The SMILES string of the molecule is CCC(CC)C(=O)CC(=O)O.CC[O][Al][O]CC. The van der Waals surface area contributed by atoms with E-state index in [-0.39, 0.29) is 34.0 Å². The van der Waals surface area contributed by atoms with Gasteiger partial charge in [0.2, 0.25) is 0 Å². The second kappa shape index (κ2) is 14.7. The minimum atomic E-state index is -1.03. The Hall–Kier alpha value is -0.408. The van der Waals surface area contributed by atoms with Crippen LogP contribution < -0.4 is 0 Å². The first kappa shape index (κ1) is 19.9. The van der Waals surface area contributed by atoms with Gasteiger partial charge in [-0.15, -0.1) is 0 Å². The first-order chi connectivity index (χ1) is 8.53. The van der Waals surface area contributed by atoms with Gasteiger partial charge in [-0.25, -0.2) is 0 Å². The van der Waals surface area contributed by atoms with Crippen molar-refractivity contribution >= 4 is 27.6 Å². The van der Waals surface area contributed by atoms with Crippen molar-refractivity contribution in [1.82, 2.24) is 0 Å². The van der Waals surface area contributed by atoms with Gasteiger partial charge in [-0.2, -0.15) is 0 Å². The Kier molecular flexibility index (Phi) is 16.2. The molecular formula is C12H24AlO5. The number of Topliss-reactive ketones (excluding diaryl/α,β-unsaturated/α-hetero) is 1. The largest absolute Gasteiger partial charge is 0.668 e. The van der Waals surface area contributed by atoms with Crippen LogP contribution in [-0.2, 0) is 17.2 Å². The molecular weight excluding hydrogens is 251 g/mol. The van der Waals surface area contributed by atoms with E-state index in [4.69, 9.17) is 12.7 Å². The average molecular weight is 275 g/mol. The van der Waals surface area contributed by atoms with Crippen molar-refractivity contribution in [2.45, 2.75) is 47.0 Å². The highest BCUT2D eigenvalue weighted by molar-refractivity contribution is 6.17. The maximum Gasteiger partial charge on any atom is 0.668 e. The standard InChI is InChI=1S/C8H14O3.2C2H5O.Al/c1-3-6(4-2)7(9)5-8(10)11;2*1-2-3;/h6H,3-5H2,1-2H3,(H,10,11);2*2H2,1H3;/q;2*-1;+2. The Bertz CT molecular complexity index is 213. The summed E-state index contributed by atoms with van der Waals surface area (Å²) in [6.07, 6.45) is 1.15. The third kappa shape index (κ3) is 13.7. The fourth-order valence-electron chi connectivity index (χ4n) is 1.22. The van der Waals surface area contributed by atoms with Crippen molar-refractivity contribution in [3.63, 3.8) is 0 Å². The zero-order chi connectivity index (χ0) is 14.4. The Morgan fingerprint density at radius 2 is 1.50 bits per heavy atom. The topological polar surface area (TPSA) is 72.8 Å². The maximum atomic E-state index is 11.0. The number of hydrogen-bond donors (Lipinski definition) is 1. The Morgan fingerprint density at radius 3 is 1.78 bits per heavy atom. The first-order valence-corrected chi connectivity index (χ1v) is 7.26. The molecule has 0 rings (SSSR count). The van der Waals surface area contributed by atoms with Crippen molar-refractivity contribution in [2.75, 3.05) is 13.2 Å². The number of aliphatic carboxylic acids is 1. The van der Waals surface area contributed by atoms with Crippen LogP contribution in [0.5, 0.6) is 0 Å². The summed E-state index contributed by atoms with van der Waals surface area (Å²) >= 11 is -0.178. The molecule has 0 aromatic carbocycles. The quantitative estimate of drug-likeness (QED) is 0.396. The molecule has 0 aromatic heterocycles. The molecule has 0 aromatic rings. The summed E-state index contributed by atoms with van der Waals surface area (Å²) in [4.78, 5) is 21.2. The van der Waals surface area contributed by atoms with Gasteiger partial charge in [0.1, 0.15) is 12.2 Å². The molecule has 0 aliphatic carbocycles. The number of carboxylic acid groups (broad SMARTS) is 1. The lowest BCUT2D eigenvalue weighted by atomic mass is 9.96. The molecule has 0 amide bonds. The zero-order valence-electron chi connectivity index (χ0n) is 11.8. The maximum absolute atomic E-state index is 11.0. The van der Waals surface area contributed by atoms with E-state index < -0.39 is 5.97 Å². The fourth-order valence-corrected chi connectivity index (χ4v) is 1.59. The van der Waals surface area contributed by atoms with Crippen molar-refractivity contribution in [3.05, 3.63) is 0 Å². The lowest BCUT2D eigenvalue weighted by Gasteiger charge is -2.07. The van der Waals surface area contributed by atoms with Crippen LogP contribution in [0.3, 0.4) is 0 Å². The molecule has 0 fully saturated rings. The molecule has 1 N–H and O–H groups in total. The fraction of sp³-hybridized carbons (Fsp3) is 0.833. The van der Waals surface area contributed by atoms with E-state index in [9.17, 15) is 9.59 Å². The van der Waals surface area contributed by atoms with Gasteiger partial charge >= 0.3 is 21.9 Å². The van der Waals surface area contributed by atoms with Gasteiger partial charge in [-0.1, -0.05) is 13.8 Å². The van der Waals surface area contributed by atoms with Crippen LogP contribution in [0.1, 0.15) is 47.0 Å². The van der Waals surface area contributed by atoms with Crippen molar-refractivity contribution in [2.24, 2.45) is 5.92 Å². The second-order valence-electron chi connectivity index (χ2n) is 3.56. The lowest BCUT2D eigenvalue weighted by molar-refractivity contribution is -0.141. The Balaban J connectivity index is 0. The van der Waals surface area contributed by atoms with Gasteiger partial charge in [-0.3, -0.25) is 9.59 Å². The number of ketones is 1. The van der Waals surface area contributed by atoms with Crippen molar-refractivity contribution in [1.29, 1.82) is 0 Å². The number of carbonyl (C=O) groups excluding carboxylic acids is 1. The van der Waals surface area contributed by atoms with Gasteiger partial charge in [0.25, 0.3) is 0 Å². The van der Waals surface area contributed by atoms with Gasteiger partial charge < -0.3 is 12.7 Å².